The zero-order valence-electron chi connectivity index (χ0n) is 17.8. The maximum absolute atomic E-state index is 13.4. The van der Waals surface area contributed by atoms with Gasteiger partial charge in [0.05, 0.1) is 29.9 Å². The molecule has 1 aliphatic heterocycles. The smallest absolute Gasteiger partial charge is 0.417 e. The van der Waals surface area contributed by atoms with E-state index in [-0.39, 0.29) is 11.9 Å². The zero-order valence-corrected chi connectivity index (χ0v) is 18.6. The molecule has 10 heteroatoms. The molecule has 0 atom stereocenters. The zero-order chi connectivity index (χ0) is 23.3. The number of carbonyl (C=O) groups is 1. The number of halogens is 4. The predicted molar refractivity (Wildman–Crippen MR) is 115 cm³/mol. The number of hydrogen-bond acceptors (Lipinski definition) is 6. The first-order chi connectivity index (χ1) is 15.2. The summed E-state index contributed by atoms with van der Waals surface area (Å²) in [5.41, 5.74) is -0.582. The van der Waals surface area contributed by atoms with Crippen molar-refractivity contribution in [2.24, 2.45) is 0 Å². The number of rotatable bonds is 7. The van der Waals surface area contributed by atoms with Gasteiger partial charge in [-0.2, -0.15) is 13.2 Å². The Labute approximate surface area is 189 Å². The van der Waals surface area contributed by atoms with E-state index in [1.165, 1.54) is 0 Å². The highest BCUT2D eigenvalue weighted by Gasteiger charge is 2.36. The van der Waals surface area contributed by atoms with Gasteiger partial charge in [0.2, 0.25) is 0 Å². The summed E-state index contributed by atoms with van der Waals surface area (Å²) >= 11 is 6.14. The third-order valence-electron chi connectivity index (χ3n) is 5.26. The molecule has 174 valence electrons. The number of hydrogen-bond donors (Lipinski definition) is 1. The van der Waals surface area contributed by atoms with Crippen LogP contribution in [0.5, 0.6) is 5.75 Å². The quantitative estimate of drug-likeness (QED) is 0.572. The first kappa shape index (κ1) is 24.1. The first-order valence-corrected chi connectivity index (χ1v) is 10.6. The van der Waals surface area contributed by atoms with Crippen molar-refractivity contribution in [2.75, 3.05) is 32.1 Å². The molecule has 0 radical (unpaired) electrons. The second-order valence-electron chi connectivity index (χ2n) is 7.50. The van der Waals surface area contributed by atoms with Gasteiger partial charge in [0.1, 0.15) is 11.6 Å². The Morgan fingerprint density at radius 2 is 2.00 bits per heavy atom. The molecule has 2 heterocycles. The van der Waals surface area contributed by atoms with Crippen molar-refractivity contribution in [3.05, 3.63) is 52.2 Å². The lowest BCUT2D eigenvalue weighted by Gasteiger charge is -2.32. The van der Waals surface area contributed by atoms with E-state index in [9.17, 15) is 18.0 Å². The Hall–Kier alpha value is -2.52. The van der Waals surface area contributed by atoms with Crippen molar-refractivity contribution < 1.29 is 27.4 Å². The second-order valence-corrected chi connectivity index (χ2v) is 7.90. The van der Waals surface area contributed by atoms with Gasteiger partial charge in [0, 0.05) is 31.9 Å². The third kappa shape index (κ3) is 6.04. The molecule has 0 spiro atoms. The molecule has 1 saturated heterocycles. The second kappa shape index (κ2) is 10.4. The minimum Gasteiger partial charge on any atom is -0.492 e. The first-order valence-electron chi connectivity index (χ1n) is 10.3. The van der Waals surface area contributed by atoms with Crippen LogP contribution in [-0.2, 0) is 17.5 Å². The molecule has 1 N–H and O–H groups in total. The summed E-state index contributed by atoms with van der Waals surface area (Å²) in [7, 11) is 1.03. The van der Waals surface area contributed by atoms with Crippen LogP contribution < -0.4 is 10.1 Å². The number of piperidine rings is 1. The predicted octanol–water partition coefficient (Wildman–Crippen LogP) is 5.02. The summed E-state index contributed by atoms with van der Waals surface area (Å²) < 4.78 is 50.1. The summed E-state index contributed by atoms with van der Waals surface area (Å²) in [4.78, 5) is 17.9. The molecule has 0 bridgehead atoms. The number of methoxy groups -OCH3 is 1. The fourth-order valence-electron chi connectivity index (χ4n) is 3.66. The molecule has 1 aromatic carbocycles. The summed E-state index contributed by atoms with van der Waals surface area (Å²) in [6, 6.07) is 6.55. The lowest BCUT2D eigenvalue weighted by molar-refractivity contribution is -0.138. The topological polar surface area (TPSA) is 63.7 Å². The molecule has 1 aromatic heterocycles. The van der Waals surface area contributed by atoms with Crippen LogP contribution >= 0.6 is 11.6 Å². The number of benzene rings is 1. The molecule has 1 aliphatic rings. The van der Waals surface area contributed by atoms with Crippen molar-refractivity contribution >= 4 is 23.4 Å². The van der Waals surface area contributed by atoms with Gasteiger partial charge in [-0.3, -0.25) is 4.90 Å². The monoisotopic (exact) mass is 471 g/mol. The van der Waals surface area contributed by atoms with Crippen LogP contribution in [0.3, 0.4) is 0 Å². The summed E-state index contributed by atoms with van der Waals surface area (Å²) in [6.45, 7) is 4.71. The maximum Gasteiger partial charge on any atom is 0.417 e. The lowest BCUT2D eigenvalue weighted by atomic mass is 10.0. The molecule has 0 unspecified atom stereocenters. The van der Waals surface area contributed by atoms with Crippen molar-refractivity contribution in [1.29, 1.82) is 0 Å². The molecule has 0 aliphatic carbocycles. The largest absolute Gasteiger partial charge is 0.492 e. The van der Waals surface area contributed by atoms with E-state index < -0.39 is 23.3 Å². The fraction of sp³-hybridized carbons (Fsp3) is 0.455. The van der Waals surface area contributed by atoms with Crippen molar-refractivity contribution in [2.45, 2.75) is 38.5 Å². The molecular weight excluding hydrogens is 447 g/mol. The number of ether oxygens (including phenoxy) is 2. The minimum absolute atomic E-state index is 0.0204. The molecule has 0 amide bonds. The number of nitrogens with one attached hydrogen (secondary N) is 1. The number of aromatic nitrogens is 1. The molecule has 32 heavy (non-hydrogen) atoms. The normalized spacial score (nSPS) is 15.4. The van der Waals surface area contributed by atoms with Gasteiger partial charge in [-0.15, -0.1) is 0 Å². The summed E-state index contributed by atoms with van der Waals surface area (Å²) in [5.74, 6) is -0.327. The van der Waals surface area contributed by atoms with Gasteiger partial charge in [0.25, 0.3) is 0 Å². The van der Waals surface area contributed by atoms with Crippen LogP contribution in [0.15, 0.2) is 30.5 Å². The Kier molecular flexibility index (Phi) is 7.84. The van der Waals surface area contributed by atoms with Crippen LogP contribution in [0.2, 0.25) is 5.02 Å². The van der Waals surface area contributed by atoms with Crippen LogP contribution in [0.25, 0.3) is 0 Å². The van der Waals surface area contributed by atoms with Gasteiger partial charge in [-0.05, 0) is 43.5 Å². The number of nitrogens with zero attached hydrogens (tertiary/aromatic N) is 2. The van der Waals surface area contributed by atoms with E-state index in [0.29, 0.717) is 17.4 Å². The van der Waals surface area contributed by atoms with Crippen LogP contribution in [-0.4, -0.2) is 48.7 Å². The Bertz CT molecular complexity index is 948. The average molecular weight is 472 g/mol. The Morgan fingerprint density at radius 1 is 1.28 bits per heavy atom. The van der Waals surface area contributed by atoms with Crippen LogP contribution in [0.1, 0.15) is 41.3 Å². The highest BCUT2D eigenvalue weighted by atomic mass is 35.5. The fourth-order valence-corrected chi connectivity index (χ4v) is 3.83. The highest BCUT2D eigenvalue weighted by Crippen LogP contribution is 2.34. The van der Waals surface area contributed by atoms with E-state index in [1.54, 1.807) is 0 Å². The van der Waals surface area contributed by atoms with E-state index in [1.807, 2.05) is 25.1 Å². The van der Waals surface area contributed by atoms with Crippen molar-refractivity contribution in [3.8, 4) is 5.75 Å². The van der Waals surface area contributed by atoms with Gasteiger partial charge < -0.3 is 14.8 Å². The number of alkyl halides is 3. The number of likely N-dealkylation sites (tertiary alicyclic amines) is 1. The molecule has 6 nitrogen and oxygen atoms in total. The summed E-state index contributed by atoms with van der Waals surface area (Å²) in [5, 5.41) is 3.64. The van der Waals surface area contributed by atoms with Crippen molar-refractivity contribution in [1.82, 2.24) is 9.88 Å². The molecule has 3 rings (SSSR count). The van der Waals surface area contributed by atoms with E-state index in [2.05, 4.69) is 19.9 Å². The number of pyridine rings is 1. The third-order valence-corrected chi connectivity index (χ3v) is 5.57. The molecule has 2 aromatic rings. The standard InChI is InChI=1S/C22H25ClF3N3O3/c1-3-32-19-10-14(4-5-18(19)23)13-29-8-6-15(7-9-29)28-20-11-17(22(24,25)26)16(12-27-20)21(30)31-2/h4-5,10-12,15H,3,6-9,13H2,1-2H3,(H,27,28). The van der Waals surface area contributed by atoms with E-state index in [0.717, 1.165) is 57.4 Å². The van der Waals surface area contributed by atoms with E-state index >= 15 is 0 Å². The van der Waals surface area contributed by atoms with Gasteiger partial charge in [-0.25, -0.2) is 9.78 Å². The van der Waals surface area contributed by atoms with Crippen LogP contribution in [0, 0.1) is 0 Å². The van der Waals surface area contributed by atoms with E-state index in [4.69, 9.17) is 16.3 Å². The average Bonchev–Trinajstić information content (AvgIpc) is 2.76. The molecule has 0 saturated carbocycles. The Morgan fingerprint density at radius 3 is 2.62 bits per heavy atom. The SMILES string of the molecule is CCOc1cc(CN2CCC(Nc3cc(C(F)(F)F)c(C(=O)OC)cn3)CC2)ccc1Cl. The molecular formula is C22H25ClF3N3O3. The number of anilines is 1. The summed E-state index contributed by atoms with van der Waals surface area (Å²) in [6.07, 6.45) is -2.30. The van der Waals surface area contributed by atoms with Gasteiger partial charge in [-0.1, -0.05) is 17.7 Å². The van der Waals surface area contributed by atoms with Crippen molar-refractivity contribution in [3.63, 3.8) is 0 Å². The van der Waals surface area contributed by atoms with Crippen LogP contribution in [0.4, 0.5) is 19.0 Å². The molecule has 1 fully saturated rings. The lowest BCUT2D eigenvalue weighted by Crippen LogP contribution is -2.38. The number of carbonyl (C=O) groups excluding carboxylic acids is 1. The minimum atomic E-state index is -4.69. The van der Waals surface area contributed by atoms with Gasteiger partial charge >= 0.3 is 12.1 Å². The number of esters is 1. The van der Waals surface area contributed by atoms with Gasteiger partial charge in [0.15, 0.2) is 0 Å². The Balaban J connectivity index is 1.60. The maximum atomic E-state index is 13.4. The highest BCUT2D eigenvalue weighted by molar-refractivity contribution is 6.32.